The third-order valence-electron chi connectivity index (χ3n) is 11.8. The van der Waals surface area contributed by atoms with E-state index in [4.69, 9.17) is 5.73 Å². The van der Waals surface area contributed by atoms with E-state index in [2.05, 4.69) is 20.8 Å². The zero-order chi connectivity index (χ0) is 25.2. The molecular weight excluding hydrogens is 434 g/mol. The molecule has 1 unspecified atom stereocenters. The summed E-state index contributed by atoms with van der Waals surface area (Å²) in [6.45, 7) is 8.31. The average Bonchev–Trinajstić information content (AvgIpc) is 3.12. The van der Waals surface area contributed by atoms with Gasteiger partial charge in [0.15, 0.2) is 5.78 Å². The summed E-state index contributed by atoms with van der Waals surface area (Å²) in [5, 5.41) is 43.1. The van der Waals surface area contributed by atoms with Crippen molar-refractivity contribution in [3.05, 3.63) is 0 Å². The van der Waals surface area contributed by atoms with Crippen LogP contribution in [-0.4, -0.2) is 57.0 Å². The van der Waals surface area contributed by atoms with Crippen LogP contribution in [0.15, 0.2) is 0 Å². The van der Waals surface area contributed by atoms with Crippen LogP contribution in [0.4, 0.5) is 0 Å². The number of carboxylic acid groups (broad SMARTS) is 1. The second-order valence-corrected chi connectivity index (χ2v) is 12.8. The first-order valence-corrected chi connectivity index (χ1v) is 13.3. The molecule has 0 bridgehead atoms. The van der Waals surface area contributed by atoms with Gasteiger partial charge in [0.05, 0.1) is 24.9 Å². The van der Waals surface area contributed by atoms with E-state index < -0.39 is 35.1 Å². The molecular formula is C27H45NO6. The molecule has 12 atom stereocenters. The van der Waals surface area contributed by atoms with Crippen molar-refractivity contribution in [2.75, 3.05) is 6.54 Å². The van der Waals surface area contributed by atoms with Gasteiger partial charge in [-0.25, -0.2) is 0 Å². The summed E-state index contributed by atoms with van der Waals surface area (Å²) in [6.07, 6.45) is 2.87. The molecule has 0 aromatic rings. The monoisotopic (exact) mass is 479 g/mol. The fourth-order valence-corrected chi connectivity index (χ4v) is 9.86. The summed E-state index contributed by atoms with van der Waals surface area (Å²) in [6, 6.07) is 0. The lowest BCUT2D eigenvalue weighted by Gasteiger charge is -2.68. The molecule has 0 radical (unpaired) electrons. The maximum Gasteiger partial charge on any atom is 0.303 e. The molecule has 4 saturated carbocycles. The summed E-state index contributed by atoms with van der Waals surface area (Å²) in [5.74, 6) is -0.385. The number of carbonyl (C=O) groups excluding carboxylic acids is 1. The molecule has 0 aliphatic heterocycles. The van der Waals surface area contributed by atoms with Crippen molar-refractivity contribution in [1.29, 1.82) is 0 Å². The van der Waals surface area contributed by atoms with Gasteiger partial charge in [-0.15, -0.1) is 0 Å². The SMILES string of the molecule is C[C@H](CCC(=O)O)[C@H]1CC[C@H]2[C@@H]3[C@H](O)C[C@@H]4C[C@H](O)CC(C)(C(=O)CN)[C@]4(C)[C@H]3C[C@H](O)[C@]12C. The number of carboxylic acids is 1. The Hall–Kier alpha value is -1.02. The van der Waals surface area contributed by atoms with Crippen LogP contribution in [0.1, 0.15) is 79.1 Å². The Kier molecular flexibility index (Phi) is 6.76. The largest absolute Gasteiger partial charge is 0.481 e. The minimum Gasteiger partial charge on any atom is -0.481 e. The Bertz CT molecular complexity index is 819. The lowest BCUT2D eigenvalue weighted by Crippen LogP contribution is -2.68. The fourth-order valence-electron chi connectivity index (χ4n) is 9.86. The van der Waals surface area contributed by atoms with Crippen LogP contribution in [0.2, 0.25) is 0 Å². The van der Waals surface area contributed by atoms with E-state index in [9.17, 15) is 30.0 Å². The van der Waals surface area contributed by atoms with Crippen molar-refractivity contribution in [2.24, 2.45) is 57.5 Å². The number of aliphatic hydroxyl groups is 3. The predicted octanol–water partition coefficient (Wildman–Crippen LogP) is 2.59. The summed E-state index contributed by atoms with van der Waals surface area (Å²) in [7, 11) is 0. The van der Waals surface area contributed by atoms with Crippen LogP contribution in [-0.2, 0) is 9.59 Å². The van der Waals surface area contributed by atoms with Crippen LogP contribution in [0.3, 0.4) is 0 Å². The number of aliphatic carboxylic acids is 1. The van der Waals surface area contributed by atoms with Crippen LogP contribution < -0.4 is 5.73 Å². The standard InChI is InChI=1S/C27H45NO6/c1-14(5-8-23(33)34)17-6-7-18-24-19(11-21(31)26(17,18)3)27(4)15(10-20(24)30)9-16(29)12-25(27,2)22(32)13-28/h14-21,24,29-31H,5-13,28H2,1-4H3,(H,33,34)/t14-,15+,16+,17-,18+,19+,20-,21+,24+,25?,26-,27+/m1/s1. The zero-order valence-electron chi connectivity index (χ0n) is 21.2. The predicted molar refractivity (Wildman–Crippen MR) is 128 cm³/mol. The van der Waals surface area contributed by atoms with Crippen LogP contribution >= 0.6 is 0 Å². The van der Waals surface area contributed by atoms with Gasteiger partial charge in [0, 0.05) is 11.8 Å². The molecule has 7 heteroatoms. The molecule has 4 aliphatic carbocycles. The van der Waals surface area contributed by atoms with Crippen molar-refractivity contribution in [1.82, 2.24) is 0 Å². The Balaban J connectivity index is 1.72. The van der Waals surface area contributed by atoms with Gasteiger partial charge in [0.1, 0.15) is 0 Å². The lowest BCUT2D eigenvalue weighted by atomic mass is 9.37. The molecule has 0 amide bonds. The Labute approximate surface area is 203 Å². The molecule has 194 valence electrons. The number of Topliss-reactive ketones (excluding diaryl/α,β-unsaturated/α-hetero) is 1. The van der Waals surface area contributed by atoms with Gasteiger partial charge in [-0.05, 0) is 91.3 Å². The van der Waals surface area contributed by atoms with E-state index in [1.807, 2.05) is 6.92 Å². The normalized spacial score (nSPS) is 51.2. The van der Waals surface area contributed by atoms with Crippen LogP contribution in [0.5, 0.6) is 0 Å². The average molecular weight is 480 g/mol. The van der Waals surface area contributed by atoms with Gasteiger partial charge < -0.3 is 26.2 Å². The number of hydrogen-bond acceptors (Lipinski definition) is 6. The first-order chi connectivity index (χ1) is 15.8. The molecule has 0 saturated heterocycles. The first-order valence-electron chi connectivity index (χ1n) is 13.3. The summed E-state index contributed by atoms with van der Waals surface area (Å²) < 4.78 is 0. The summed E-state index contributed by atoms with van der Waals surface area (Å²) >= 11 is 0. The van der Waals surface area contributed by atoms with Crippen molar-refractivity contribution in [3.63, 3.8) is 0 Å². The molecule has 7 nitrogen and oxygen atoms in total. The Morgan fingerprint density at radius 2 is 1.71 bits per heavy atom. The van der Waals surface area contributed by atoms with E-state index in [0.29, 0.717) is 32.1 Å². The van der Waals surface area contributed by atoms with Crippen LogP contribution in [0, 0.1) is 51.8 Å². The van der Waals surface area contributed by atoms with Crippen molar-refractivity contribution >= 4 is 11.8 Å². The highest BCUT2D eigenvalue weighted by Crippen LogP contribution is 2.71. The number of hydrogen-bond donors (Lipinski definition) is 5. The van der Waals surface area contributed by atoms with Gasteiger partial charge in [0.2, 0.25) is 0 Å². The molecule has 4 aliphatic rings. The molecule has 0 aromatic carbocycles. The molecule has 0 aromatic heterocycles. The highest BCUT2D eigenvalue weighted by atomic mass is 16.4. The highest BCUT2D eigenvalue weighted by molar-refractivity contribution is 5.87. The zero-order valence-corrected chi connectivity index (χ0v) is 21.2. The highest BCUT2D eigenvalue weighted by Gasteiger charge is 2.70. The van der Waals surface area contributed by atoms with E-state index in [1.54, 1.807) is 0 Å². The molecule has 0 heterocycles. The molecule has 0 spiro atoms. The lowest BCUT2D eigenvalue weighted by molar-refractivity contribution is -0.239. The number of nitrogens with two attached hydrogens (primary N) is 1. The van der Waals surface area contributed by atoms with Gasteiger partial charge in [-0.1, -0.05) is 27.7 Å². The second-order valence-electron chi connectivity index (χ2n) is 12.8. The maximum atomic E-state index is 13.3. The number of fused-ring (bicyclic) bond motifs is 5. The van der Waals surface area contributed by atoms with Gasteiger partial charge in [0.25, 0.3) is 0 Å². The van der Waals surface area contributed by atoms with E-state index >= 15 is 0 Å². The Morgan fingerprint density at radius 3 is 2.32 bits per heavy atom. The van der Waals surface area contributed by atoms with Crippen molar-refractivity contribution in [2.45, 2.75) is 97.4 Å². The van der Waals surface area contributed by atoms with Gasteiger partial charge in [-0.3, -0.25) is 9.59 Å². The van der Waals surface area contributed by atoms with Gasteiger partial charge >= 0.3 is 5.97 Å². The summed E-state index contributed by atoms with van der Waals surface area (Å²) in [5.41, 5.74) is 4.24. The number of ketones is 1. The number of rotatable bonds is 6. The molecule has 6 N–H and O–H groups in total. The number of carbonyl (C=O) groups is 2. The van der Waals surface area contributed by atoms with Gasteiger partial charge in [-0.2, -0.15) is 0 Å². The third-order valence-corrected chi connectivity index (χ3v) is 11.8. The van der Waals surface area contributed by atoms with E-state index in [-0.39, 0.29) is 59.7 Å². The molecule has 34 heavy (non-hydrogen) atoms. The second kappa shape index (κ2) is 8.82. The minimum absolute atomic E-state index is 0.00348. The minimum atomic E-state index is -0.798. The fraction of sp³-hybridized carbons (Fsp3) is 0.926. The summed E-state index contributed by atoms with van der Waals surface area (Å²) in [4.78, 5) is 24.5. The smallest absolute Gasteiger partial charge is 0.303 e. The van der Waals surface area contributed by atoms with Crippen molar-refractivity contribution < 1.29 is 30.0 Å². The first kappa shape index (κ1) is 26.1. The topological polar surface area (TPSA) is 141 Å². The van der Waals surface area contributed by atoms with E-state index in [1.165, 1.54) is 0 Å². The quantitative estimate of drug-likeness (QED) is 0.394. The molecule has 4 fully saturated rings. The number of aliphatic hydroxyl groups excluding tert-OH is 3. The van der Waals surface area contributed by atoms with E-state index in [0.717, 1.165) is 12.8 Å². The maximum absolute atomic E-state index is 13.3. The Morgan fingerprint density at radius 1 is 1.03 bits per heavy atom. The van der Waals surface area contributed by atoms with Crippen molar-refractivity contribution in [3.8, 4) is 0 Å². The van der Waals surface area contributed by atoms with Crippen LogP contribution in [0.25, 0.3) is 0 Å². The molecule has 4 rings (SSSR count). The third kappa shape index (κ3) is 3.52.